The van der Waals surface area contributed by atoms with Crippen LogP contribution in [0.15, 0.2) is 16.6 Å². The number of benzene rings is 1. The minimum atomic E-state index is -0.0906. The number of hydrogen-bond acceptors (Lipinski definition) is 2. The van der Waals surface area contributed by atoms with Crippen LogP contribution in [-0.4, -0.2) is 5.78 Å². The highest BCUT2D eigenvalue weighted by Crippen LogP contribution is 2.23. The standard InChI is InChI=1S/C10H8BrNO/c1-6-3-4-9(11)10(7(2)13)8(6)5-12/h3-4H,1-2H3. The van der Waals surface area contributed by atoms with Crippen molar-refractivity contribution in [2.24, 2.45) is 0 Å². The number of nitriles is 1. The third-order valence-corrected chi connectivity index (χ3v) is 2.49. The normalized spacial score (nSPS) is 9.38. The van der Waals surface area contributed by atoms with Crippen molar-refractivity contribution >= 4 is 21.7 Å². The molecule has 66 valence electrons. The summed E-state index contributed by atoms with van der Waals surface area (Å²) in [6.07, 6.45) is 0. The maximum Gasteiger partial charge on any atom is 0.162 e. The van der Waals surface area contributed by atoms with E-state index in [1.165, 1.54) is 6.92 Å². The largest absolute Gasteiger partial charge is 0.294 e. The van der Waals surface area contributed by atoms with E-state index in [1.807, 2.05) is 19.1 Å². The fourth-order valence-corrected chi connectivity index (χ4v) is 1.78. The second-order valence-electron chi connectivity index (χ2n) is 2.78. The van der Waals surface area contributed by atoms with Gasteiger partial charge in [0.1, 0.15) is 6.07 Å². The molecule has 3 heteroatoms. The Morgan fingerprint density at radius 1 is 1.54 bits per heavy atom. The molecule has 0 aliphatic carbocycles. The van der Waals surface area contributed by atoms with E-state index in [-0.39, 0.29) is 5.78 Å². The minimum absolute atomic E-state index is 0.0906. The molecule has 1 aromatic carbocycles. The zero-order valence-electron chi connectivity index (χ0n) is 7.39. The number of halogens is 1. The van der Waals surface area contributed by atoms with E-state index >= 15 is 0 Å². The van der Waals surface area contributed by atoms with E-state index in [2.05, 4.69) is 15.9 Å². The Bertz CT molecular complexity index is 404. The first-order chi connectivity index (χ1) is 6.07. The van der Waals surface area contributed by atoms with E-state index in [9.17, 15) is 4.79 Å². The SMILES string of the molecule is CC(=O)c1c(Br)ccc(C)c1C#N. The smallest absolute Gasteiger partial charge is 0.162 e. The molecule has 0 unspecified atom stereocenters. The lowest BCUT2D eigenvalue weighted by Gasteiger charge is -2.05. The van der Waals surface area contributed by atoms with Crippen LogP contribution < -0.4 is 0 Å². The topological polar surface area (TPSA) is 40.9 Å². The zero-order chi connectivity index (χ0) is 10.0. The highest BCUT2D eigenvalue weighted by Gasteiger charge is 2.12. The third-order valence-electron chi connectivity index (χ3n) is 1.83. The predicted molar refractivity (Wildman–Crippen MR) is 53.6 cm³/mol. The van der Waals surface area contributed by atoms with Crippen LogP contribution in [0.5, 0.6) is 0 Å². The van der Waals surface area contributed by atoms with E-state index in [1.54, 1.807) is 6.07 Å². The molecule has 0 atom stereocenters. The van der Waals surface area contributed by atoms with Crippen LogP contribution in [0.3, 0.4) is 0 Å². The van der Waals surface area contributed by atoms with Gasteiger partial charge >= 0.3 is 0 Å². The number of aryl methyl sites for hydroxylation is 1. The van der Waals surface area contributed by atoms with Crippen LogP contribution in [-0.2, 0) is 0 Å². The molecular weight excluding hydrogens is 230 g/mol. The van der Waals surface area contributed by atoms with Crippen molar-refractivity contribution in [3.05, 3.63) is 33.3 Å². The van der Waals surface area contributed by atoms with Crippen molar-refractivity contribution in [1.29, 1.82) is 5.26 Å². The summed E-state index contributed by atoms with van der Waals surface area (Å²) in [6.45, 7) is 3.28. The van der Waals surface area contributed by atoms with Crippen LogP contribution >= 0.6 is 15.9 Å². The molecule has 1 aromatic rings. The Morgan fingerprint density at radius 2 is 2.15 bits per heavy atom. The zero-order valence-corrected chi connectivity index (χ0v) is 8.97. The molecule has 0 saturated carbocycles. The minimum Gasteiger partial charge on any atom is -0.294 e. The summed E-state index contributed by atoms with van der Waals surface area (Å²) in [5.41, 5.74) is 1.76. The summed E-state index contributed by atoms with van der Waals surface area (Å²) < 4.78 is 0.683. The van der Waals surface area contributed by atoms with Crippen molar-refractivity contribution in [2.75, 3.05) is 0 Å². The molecule has 0 aliphatic rings. The van der Waals surface area contributed by atoms with Crippen LogP contribution in [0.2, 0.25) is 0 Å². The predicted octanol–water partition coefficient (Wildman–Crippen LogP) is 2.83. The number of carbonyl (C=O) groups is 1. The molecule has 1 rings (SSSR count). The molecule has 0 aromatic heterocycles. The second-order valence-corrected chi connectivity index (χ2v) is 3.64. The van der Waals surface area contributed by atoms with Gasteiger partial charge in [0.15, 0.2) is 5.78 Å². The summed E-state index contributed by atoms with van der Waals surface area (Å²) in [7, 11) is 0. The fourth-order valence-electron chi connectivity index (χ4n) is 1.17. The highest BCUT2D eigenvalue weighted by atomic mass is 79.9. The lowest BCUT2D eigenvalue weighted by Crippen LogP contribution is -2.00. The van der Waals surface area contributed by atoms with Crippen molar-refractivity contribution in [2.45, 2.75) is 13.8 Å². The van der Waals surface area contributed by atoms with E-state index < -0.39 is 0 Å². The van der Waals surface area contributed by atoms with Gasteiger partial charge in [0.05, 0.1) is 5.56 Å². The molecule has 13 heavy (non-hydrogen) atoms. The first-order valence-corrected chi connectivity index (χ1v) is 4.57. The average molecular weight is 238 g/mol. The fraction of sp³-hybridized carbons (Fsp3) is 0.200. The van der Waals surface area contributed by atoms with Crippen molar-refractivity contribution < 1.29 is 4.79 Å². The molecule has 0 bridgehead atoms. The monoisotopic (exact) mass is 237 g/mol. The molecule has 0 amide bonds. The van der Waals surface area contributed by atoms with Gasteiger partial charge in [0.25, 0.3) is 0 Å². The molecule has 0 spiro atoms. The molecule has 0 radical (unpaired) electrons. The molecule has 0 N–H and O–H groups in total. The van der Waals surface area contributed by atoms with Gasteiger partial charge in [0.2, 0.25) is 0 Å². The van der Waals surface area contributed by atoms with Gasteiger partial charge in [-0.3, -0.25) is 4.79 Å². The van der Waals surface area contributed by atoms with Gasteiger partial charge in [0, 0.05) is 10.0 Å². The lowest BCUT2D eigenvalue weighted by molar-refractivity contribution is 0.101. The maximum atomic E-state index is 11.2. The summed E-state index contributed by atoms with van der Waals surface area (Å²) in [6, 6.07) is 5.63. The first kappa shape index (κ1) is 9.94. The van der Waals surface area contributed by atoms with E-state index in [4.69, 9.17) is 5.26 Å². The first-order valence-electron chi connectivity index (χ1n) is 3.78. The Hall–Kier alpha value is -1.14. The number of ketones is 1. The van der Waals surface area contributed by atoms with Gasteiger partial charge in [-0.1, -0.05) is 22.0 Å². The lowest BCUT2D eigenvalue weighted by atomic mass is 10.0. The Labute approximate surface area is 85.3 Å². The Balaban J connectivity index is 3.55. The number of hydrogen-bond donors (Lipinski definition) is 0. The molecular formula is C10H8BrNO. The van der Waals surface area contributed by atoms with Crippen molar-refractivity contribution in [3.8, 4) is 6.07 Å². The van der Waals surface area contributed by atoms with E-state index in [0.717, 1.165) is 5.56 Å². The second kappa shape index (κ2) is 3.71. The molecule has 2 nitrogen and oxygen atoms in total. The van der Waals surface area contributed by atoms with Gasteiger partial charge in [-0.2, -0.15) is 5.26 Å². The van der Waals surface area contributed by atoms with Gasteiger partial charge in [-0.05, 0) is 25.5 Å². The van der Waals surface area contributed by atoms with Crippen LogP contribution in [0.25, 0.3) is 0 Å². The quantitative estimate of drug-likeness (QED) is 0.706. The van der Waals surface area contributed by atoms with Crippen LogP contribution in [0.4, 0.5) is 0 Å². The number of rotatable bonds is 1. The highest BCUT2D eigenvalue weighted by molar-refractivity contribution is 9.10. The van der Waals surface area contributed by atoms with Crippen LogP contribution in [0, 0.1) is 18.3 Å². The van der Waals surface area contributed by atoms with Crippen molar-refractivity contribution in [3.63, 3.8) is 0 Å². The molecule has 0 saturated heterocycles. The summed E-state index contributed by atoms with van der Waals surface area (Å²) >= 11 is 3.25. The summed E-state index contributed by atoms with van der Waals surface area (Å²) in [4.78, 5) is 11.2. The number of Topliss-reactive ketones (excluding diaryl/α,β-unsaturated/α-hetero) is 1. The maximum absolute atomic E-state index is 11.2. The van der Waals surface area contributed by atoms with Crippen molar-refractivity contribution in [1.82, 2.24) is 0 Å². The molecule has 0 aliphatic heterocycles. The van der Waals surface area contributed by atoms with E-state index in [0.29, 0.717) is 15.6 Å². The average Bonchev–Trinajstić information content (AvgIpc) is 2.07. The van der Waals surface area contributed by atoms with Gasteiger partial charge in [-0.25, -0.2) is 0 Å². The Kier molecular flexibility index (Phi) is 2.84. The number of carbonyl (C=O) groups excluding carboxylic acids is 1. The van der Waals surface area contributed by atoms with Gasteiger partial charge < -0.3 is 0 Å². The molecule has 0 fully saturated rings. The van der Waals surface area contributed by atoms with Gasteiger partial charge in [-0.15, -0.1) is 0 Å². The third kappa shape index (κ3) is 1.78. The summed E-state index contributed by atoms with van der Waals surface area (Å²) in [5, 5.41) is 8.85. The number of nitrogens with zero attached hydrogens (tertiary/aromatic N) is 1. The van der Waals surface area contributed by atoms with Crippen LogP contribution in [0.1, 0.15) is 28.4 Å². The molecule has 0 heterocycles. The Morgan fingerprint density at radius 3 is 2.54 bits per heavy atom. The summed E-state index contributed by atoms with van der Waals surface area (Å²) in [5.74, 6) is -0.0906.